The molecule has 0 spiro atoms. The van der Waals surface area contributed by atoms with E-state index in [2.05, 4.69) is 9.71 Å². The smallest absolute Gasteiger partial charge is 0.257 e. The third-order valence-electron chi connectivity index (χ3n) is 4.42. The molecule has 20 heavy (non-hydrogen) atoms. The zero-order valence-electron chi connectivity index (χ0n) is 11.6. The van der Waals surface area contributed by atoms with Crippen LogP contribution < -0.4 is 10.5 Å². The second-order valence-electron chi connectivity index (χ2n) is 6.02. The van der Waals surface area contributed by atoms with E-state index in [-0.39, 0.29) is 10.6 Å². The first kappa shape index (κ1) is 14.0. The van der Waals surface area contributed by atoms with Crippen molar-refractivity contribution < 1.29 is 8.42 Å². The van der Waals surface area contributed by atoms with Gasteiger partial charge in [0.25, 0.3) is 10.0 Å². The topological polar surface area (TPSA) is 90.0 Å². The second kappa shape index (κ2) is 5.13. The van der Waals surface area contributed by atoms with Gasteiger partial charge in [-0.3, -0.25) is 0 Å². The maximum absolute atomic E-state index is 12.4. The first-order valence-corrected chi connectivity index (χ1v) is 8.82. The zero-order chi connectivity index (χ0) is 14.2. The molecule has 0 atom stereocenters. The molecule has 2 heterocycles. The number of sulfonamides is 1. The van der Waals surface area contributed by atoms with E-state index in [0.29, 0.717) is 6.54 Å². The third kappa shape index (κ3) is 2.62. The first-order valence-electron chi connectivity index (χ1n) is 7.33. The lowest BCUT2D eigenvalue weighted by atomic mass is 9.83. The number of hydrogen-bond acceptors (Lipinski definition) is 4. The molecule has 0 aromatic carbocycles. The van der Waals surface area contributed by atoms with E-state index in [9.17, 15) is 8.42 Å². The fraction of sp³-hybridized carbons (Fsp3) is 0.769. The molecule has 1 saturated carbocycles. The van der Waals surface area contributed by atoms with Crippen molar-refractivity contribution in [2.24, 2.45) is 5.73 Å². The molecule has 1 aromatic heterocycles. The molecule has 7 heteroatoms. The average Bonchev–Trinajstić information content (AvgIpc) is 3.00. The summed E-state index contributed by atoms with van der Waals surface area (Å²) in [5, 5.41) is 0.282. The van der Waals surface area contributed by atoms with Crippen LogP contribution in [0, 0.1) is 0 Å². The minimum atomic E-state index is -3.51. The van der Waals surface area contributed by atoms with Gasteiger partial charge in [-0.2, -0.15) is 0 Å². The lowest BCUT2D eigenvalue weighted by Gasteiger charge is -2.33. The van der Waals surface area contributed by atoms with E-state index in [1.165, 1.54) is 12.6 Å². The highest BCUT2D eigenvalue weighted by atomic mass is 32.2. The SMILES string of the molecule is NC1(CNS(=O)(=O)c2cnc3n2CCC3)CCCCC1. The number of nitrogens with zero attached hydrogens (tertiary/aromatic N) is 2. The molecule has 3 N–H and O–H groups in total. The Hall–Kier alpha value is -0.920. The Morgan fingerprint density at radius 2 is 2.05 bits per heavy atom. The van der Waals surface area contributed by atoms with Gasteiger partial charge in [0.05, 0.1) is 6.20 Å². The largest absolute Gasteiger partial charge is 0.324 e. The molecule has 0 radical (unpaired) electrons. The van der Waals surface area contributed by atoms with Gasteiger partial charge in [-0.15, -0.1) is 0 Å². The molecule has 0 saturated heterocycles. The van der Waals surface area contributed by atoms with Crippen molar-refractivity contribution >= 4 is 10.0 Å². The molecule has 1 aromatic rings. The molecule has 0 amide bonds. The van der Waals surface area contributed by atoms with Crippen LogP contribution in [0.25, 0.3) is 0 Å². The number of rotatable bonds is 4. The predicted octanol–water partition coefficient (Wildman–Crippen LogP) is 0.769. The minimum Gasteiger partial charge on any atom is -0.324 e. The standard InChI is InChI=1S/C13H22N4O2S/c14-13(6-2-1-3-7-13)10-16-20(18,19)12-9-15-11-5-4-8-17(11)12/h9,16H,1-8,10,14H2. The summed E-state index contributed by atoms with van der Waals surface area (Å²) in [5.74, 6) is 0.866. The number of fused-ring (bicyclic) bond motifs is 1. The Morgan fingerprint density at radius 1 is 1.30 bits per heavy atom. The van der Waals surface area contributed by atoms with Gasteiger partial charge in [-0.05, 0) is 19.3 Å². The molecule has 6 nitrogen and oxygen atoms in total. The molecule has 112 valence electrons. The first-order chi connectivity index (χ1) is 9.50. The van der Waals surface area contributed by atoms with Crippen LogP contribution in [-0.4, -0.2) is 30.1 Å². The monoisotopic (exact) mass is 298 g/mol. The summed E-state index contributed by atoms with van der Waals surface area (Å²) in [6, 6.07) is 0. The fourth-order valence-electron chi connectivity index (χ4n) is 3.19. The Labute approximate surface area is 119 Å². The second-order valence-corrected chi connectivity index (χ2v) is 7.73. The Morgan fingerprint density at radius 3 is 2.80 bits per heavy atom. The highest BCUT2D eigenvalue weighted by Crippen LogP contribution is 2.26. The normalized spacial score (nSPS) is 21.9. The molecular weight excluding hydrogens is 276 g/mol. The molecule has 1 fully saturated rings. The average molecular weight is 298 g/mol. The molecule has 3 rings (SSSR count). The number of aryl methyl sites for hydroxylation is 1. The number of imidazole rings is 1. The van der Waals surface area contributed by atoms with Gasteiger partial charge in [0, 0.05) is 25.0 Å². The van der Waals surface area contributed by atoms with Crippen LogP contribution in [-0.2, 0) is 23.0 Å². The van der Waals surface area contributed by atoms with Crippen molar-refractivity contribution in [3.8, 4) is 0 Å². The molecule has 2 aliphatic rings. The van der Waals surface area contributed by atoms with E-state index in [0.717, 1.165) is 50.9 Å². The van der Waals surface area contributed by atoms with Gasteiger partial charge in [-0.25, -0.2) is 18.1 Å². The zero-order valence-corrected chi connectivity index (χ0v) is 12.5. The van der Waals surface area contributed by atoms with E-state index in [1.807, 2.05) is 0 Å². The lowest BCUT2D eigenvalue weighted by Crippen LogP contribution is -2.51. The number of aromatic nitrogens is 2. The molecule has 0 bridgehead atoms. The fourth-order valence-corrected chi connectivity index (χ4v) is 4.49. The van der Waals surface area contributed by atoms with Crippen LogP contribution in [0.4, 0.5) is 0 Å². The summed E-state index contributed by atoms with van der Waals surface area (Å²) >= 11 is 0. The highest BCUT2D eigenvalue weighted by molar-refractivity contribution is 7.89. The predicted molar refractivity (Wildman–Crippen MR) is 75.7 cm³/mol. The van der Waals surface area contributed by atoms with Crippen molar-refractivity contribution in [3.63, 3.8) is 0 Å². The van der Waals surface area contributed by atoms with Crippen LogP contribution in [0.1, 0.15) is 44.3 Å². The van der Waals surface area contributed by atoms with Crippen molar-refractivity contribution in [2.75, 3.05) is 6.54 Å². The van der Waals surface area contributed by atoms with Gasteiger partial charge in [0.2, 0.25) is 0 Å². The highest BCUT2D eigenvalue weighted by Gasteiger charge is 2.31. The van der Waals surface area contributed by atoms with Crippen LogP contribution in [0.15, 0.2) is 11.2 Å². The summed E-state index contributed by atoms with van der Waals surface area (Å²) in [6.45, 7) is 1.05. The van der Waals surface area contributed by atoms with Crippen LogP contribution in [0.3, 0.4) is 0 Å². The molecule has 1 aliphatic carbocycles. The van der Waals surface area contributed by atoms with Gasteiger partial charge in [0.15, 0.2) is 5.03 Å². The Balaban J connectivity index is 1.72. The maximum atomic E-state index is 12.4. The van der Waals surface area contributed by atoms with Crippen LogP contribution in [0.5, 0.6) is 0 Å². The quantitative estimate of drug-likeness (QED) is 0.859. The van der Waals surface area contributed by atoms with E-state index >= 15 is 0 Å². The van der Waals surface area contributed by atoms with Crippen molar-refractivity contribution in [1.29, 1.82) is 0 Å². The minimum absolute atomic E-state index is 0.282. The Kier molecular flexibility index (Phi) is 3.60. The molecule has 0 unspecified atom stereocenters. The number of hydrogen-bond donors (Lipinski definition) is 2. The summed E-state index contributed by atoms with van der Waals surface area (Å²) in [7, 11) is -3.51. The van der Waals surface area contributed by atoms with Crippen molar-refractivity contribution in [2.45, 2.75) is 62.1 Å². The van der Waals surface area contributed by atoms with Crippen LogP contribution in [0.2, 0.25) is 0 Å². The number of nitrogens with one attached hydrogen (secondary N) is 1. The molecular formula is C13H22N4O2S. The van der Waals surface area contributed by atoms with Gasteiger partial charge >= 0.3 is 0 Å². The van der Waals surface area contributed by atoms with E-state index < -0.39 is 10.0 Å². The summed E-state index contributed by atoms with van der Waals surface area (Å²) in [6.07, 6.45) is 8.42. The van der Waals surface area contributed by atoms with Crippen molar-refractivity contribution in [3.05, 3.63) is 12.0 Å². The van der Waals surface area contributed by atoms with Gasteiger partial charge in [0.1, 0.15) is 5.82 Å². The van der Waals surface area contributed by atoms with Gasteiger partial charge in [-0.1, -0.05) is 19.3 Å². The lowest BCUT2D eigenvalue weighted by molar-refractivity contribution is 0.296. The Bertz CT molecular complexity index is 588. The van der Waals surface area contributed by atoms with E-state index in [1.54, 1.807) is 4.57 Å². The summed E-state index contributed by atoms with van der Waals surface area (Å²) in [5.41, 5.74) is 5.89. The maximum Gasteiger partial charge on any atom is 0.257 e. The summed E-state index contributed by atoms with van der Waals surface area (Å²) < 4.78 is 29.3. The molecule has 1 aliphatic heterocycles. The van der Waals surface area contributed by atoms with Gasteiger partial charge < -0.3 is 10.3 Å². The number of nitrogens with two attached hydrogens (primary N) is 1. The summed E-state index contributed by atoms with van der Waals surface area (Å²) in [4.78, 5) is 4.19. The van der Waals surface area contributed by atoms with Crippen molar-refractivity contribution in [1.82, 2.24) is 14.3 Å². The third-order valence-corrected chi connectivity index (χ3v) is 5.82. The van der Waals surface area contributed by atoms with E-state index in [4.69, 9.17) is 5.73 Å². The van der Waals surface area contributed by atoms with Crippen LogP contribution >= 0.6 is 0 Å².